The molecule has 2 aromatic carbocycles. The Morgan fingerprint density at radius 2 is 1.89 bits per heavy atom. The van der Waals surface area contributed by atoms with E-state index < -0.39 is 0 Å². The molecule has 0 bridgehead atoms. The fourth-order valence-corrected chi connectivity index (χ4v) is 3.12. The molecule has 0 aliphatic rings. The van der Waals surface area contributed by atoms with Crippen LogP contribution in [0.4, 0.5) is 5.69 Å². The first kappa shape index (κ1) is 19.9. The number of nitrogens with one attached hydrogen (secondary N) is 2. The minimum Gasteiger partial charge on any atom is -0.495 e. The van der Waals surface area contributed by atoms with Gasteiger partial charge in [0.2, 0.25) is 5.91 Å². The summed E-state index contributed by atoms with van der Waals surface area (Å²) in [5.41, 5.74) is 2.42. The number of nitrogens with zero attached hydrogens (tertiary/aromatic N) is 2. The molecule has 9 heteroatoms. The van der Waals surface area contributed by atoms with Gasteiger partial charge in [-0.2, -0.15) is 5.10 Å². The van der Waals surface area contributed by atoms with Gasteiger partial charge in [-0.3, -0.25) is 14.5 Å². The predicted molar refractivity (Wildman–Crippen MR) is 111 cm³/mol. The number of methoxy groups -OCH3 is 2. The van der Waals surface area contributed by atoms with Crippen LogP contribution in [0, 0.1) is 11.7 Å². The van der Waals surface area contributed by atoms with E-state index in [1.54, 1.807) is 16.7 Å². The number of halogens is 1. The van der Waals surface area contributed by atoms with Crippen LogP contribution in [0.25, 0.3) is 11.4 Å². The average Bonchev–Trinajstić information content (AvgIpc) is 3.03. The summed E-state index contributed by atoms with van der Waals surface area (Å²) in [7, 11) is 3.01. The molecule has 2 N–H and O–H groups in total. The fourth-order valence-electron chi connectivity index (χ4n) is 2.68. The maximum absolute atomic E-state index is 12.7. The molecule has 3 aromatic rings. The third kappa shape index (κ3) is 4.18. The molecule has 0 aliphatic carbocycles. The zero-order chi connectivity index (χ0) is 20.3. The predicted octanol–water partition coefficient (Wildman–Crippen LogP) is 4.23. The number of carbonyl (C=O) groups is 1. The molecule has 0 radical (unpaired) electrons. The van der Waals surface area contributed by atoms with Gasteiger partial charge in [0.25, 0.3) is 0 Å². The lowest BCUT2D eigenvalue weighted by Gasteiger charge is -2.13. The van der Waals surface area contributed by atoms with Crippen LogP contribution in [0.15, 0.2) is 36.4 Å². The Morgan fingerprint density at radius 1 is 1.21 bits per heavy atom. The average molecular weight is 419 g/mol. The first-order valence-corrected chi connectivity index (χ1v) is 9.15. The van der Waals surface area contributed by atoms with E-state index in [2.05, 4.69) is 15.5 Å². The molecule has 146 valence electrons. The van der Waals surface area contributed by atoms with Gasteiger partial charge in [-0.05, 0) is 25.2 Å². The van der Waals surface area contributed by atoms with Crippen molar-refractivity contribution in [2.75, 3.05) is 19.5 Å². The topological polar surface area (TPSA) is 81.2 Å². The first-order chi connectivity index (χ1) is 13.4. The minimum atomic E-state index is -0.301. The number of aryl methyl sites for hydroxylation is 1. The number of hydrogen-bond acceptors (Lipinski definition) is 5. The maximum Gasteiger partial charge on any atom is 0.244 e. The molecule has 1 aromatic heterocycles. The molecule has 0 saturated carbocycles. The number of H-pyrrole nitrogens is 1. The molecule has 0 unspecified atom stereocenters. The molecular weight excluding hydrogens is 400 g/mol. The van der Waals surface area contributed by atoms with Crippen molar-refractivity contribution in [1.29, 1.82) is 0 Å². The molecule has 0 aliphatic heterocycles. The third-order valence-electron chi connectivity index (χ3n) is 4.12. The Kier molecular flexibility index (Phi) is 6.01. The molecule has 28 heavy (non-hydrogen) atoms. The largest absolute Gasteiger partial charge is 0.495 e. The summed E-state index contributed by atoms with van der Waals surface area (Å²) in [4.78, 5) is 12.7. The zero-order valence-electron chi connectivity index (χ0n) is 15.6. The number of rotatable bonds is 6. The molecule has 1 heterocycles. The molecule has 0 atom stereocenters. The van der Waals surface area contributed by atoms with E-state index in [0.29, 0.717) is 32.8 Å². The van der Waals surface area contributed by atoms with Gasteiger partial charge in [-0.1, -0.05) is 41.4 Å². The lowest BCUT2D eigenvalue weighted by atomic mass is 10.1. The van der Waals surface area contributed by atoms with Gasteiger partial charge in [-0.15, -0.1) is 0 Å². The van der Waals surface area contributed by atoms with Gasteiger partial charge in [0, 0.05) is 11.6 Å². The van der Waals surface area contributed by atoms with Crippen molar-refractivity contribution in [2.45, 2.75) is 13.5 Å². The highest BCUT2D eigenvalue weighted by Gasteiger charge is 2.16. The van der Waals surface area contributed by atoms with E-state index in [1.807, 2.05) is 31.2 Å². The van der Waals surface area contributed by atoms with E-state index in [-0.39, 0.29) is 12.5 Å². The molecule has 0 saturated heterocycles. The Hall–Kier alpha value is -2.84. The number of ether oxygens (including phenoxy) is 2. The van der Waals surface area contributed by atoms with Gasteiger partial charge < -0.3 is 14.8 Å². The summed E-state index contributed by atoms with van der Waals surface area (Å²) in [5, 5.41) is 10.1. The minimum absolute atomic E-state index is 0.0225. The van der Waals surface area contributed by atoms with Crippen molar-refractivity contribution < 1.29 is 14.3 Å². The quantitative estimate of drug-likeness (QED) is 0.585. The smallest absolute Gasteiger partial charge is 0.244 e. The molecule has 0 fully saturated rings. The maximum atomic E-state index is 12.7. The summed E-state index contributed by atoms with van der Waals surface area (Å²) >= 11 is 11.4. The summed E-state index contributed by atoms with van der Waals surface area (Å²) in [6.07, 6.45) is 0. The zero-order valence-corrected chi connectivity index (χ0v) is 17.1. The second-order valence-electron chi connectivity index (χ2n) is 6.04. The molecule has 1 amide bonds. The monoisotopic (exact) mass is 418 g/mol. The van der Waals surface area contributed by atoms with Crippen LogP contribution >= 0.6 is 23.8 Å². The molecule has 3 rings (SSSR count). The van der Waals surface area contributed by atoms with Gasteiger partial charge >= 0.3 is 0 Å². The summed E-state index contributed by atoms with van der Waals surface area (Å²) in [5.74, 6) is 1.17. The van der Waals surface area contributed by atoms with Crippen LogP contribution in [0.5, 0.6) is 11.5 Å². The van der Waals surface area contributed by atoms with Gasteiger partial charge in [0.1, 0.15) is 18.0 Å². The second-order valence-corrected chi connectivity index (χ2v) is 6.83. The Bertz CT molecular complexity index is 1060. The van der Waals surface area contributed by atoms with Crippen molar-refractivity contribution in [3.63, 3.8) is 0 Å². The number of hydrogen-bond donors (Lipinski definition) is 2. The van der Waals surface area contributed by atoms with Crippen molar-refractivity contribution in [2.24, 2.45) is 0 Å². The summed E-state index contributed by atoms with van der Waals surface area (Å²) < 4.78 is 12.5. The second kappa shape index (κ2) is 8.45. The van der Waals surface area contributed by atoms with Gasteiger partial charge in [0.05, 0.1) is 24.9 Å². The number of anilines is 1. The van der Waals surface area contributed by atoms with Crippen LogP contribution in [-0.4, -0.2) is 34.9 Å². The van der Waals surface area contributed by atoms with Crippen LogP contribution < -0.4 is 14.8 Å². The normalized spacial score (nSPS) is 10.6. The van der Waals surface area contributed by atoms with Crippen molar-refractivity contribution in [1.82, 2.24) is 14.8 Å². The van der Waals surface area contributed by atoms with E-state index in [4.69, 9.17) is 33.3 Å². The molecule has 7 nitrogen and oxygen atoms in total. The number of carbonyl (C=O) groups excluding carboxylic acids is 1. The highest BCUT2D eigenvalue weighted by Crippen LogP contribution is 2.35. The van der Waals surface area contributed by atoms with Crippen LogP contribution in [0.2, 0.25) is 5.02 Å². The lowest BCUT2D eigenvalue weighted by molar-refractivity contribution is -0.116. The molecule has 0 spiro atoms. The highest BCUT2D eigenvalue weighted by atomic mass is 35.5. The van der Waals surface area contributed by atoms with Gasteiger partial charge in [0.15, 0.2) is 10.6 Å². The standard InChI is InChI=1S/C19H19ClN4O3S/c1-11-4-6-12(7-5-11)18-22-23-19(28)24(18)10-17(25)21-14-8-13(20)15(26-2)9-16(14)27-3/h4-9H,10H2,1-3H3,(H,21,25)(H,23,28). The fraction of sp³-hybridized carbons (Fsp3) is 0.211. The molecular formula is C19H19ClN4O3S. The first-order valence-electron chi connectivity index (χ1n) is 8.36. The van der Waals surface area contributed by atoms with Crippen molar-refractivity contribution in [3.8, 4) is 22.9 Å². The third-order valence-corrected chi connectivity index (χ3v) is 4.72. The van der Waals surface area contributed by atoms with Gasteiger partial charge in [-0.25, -0.2) is 0 Å². The Morgan fingerprint density at radius 3 is 2.54 bits per heavy atom. The lowest BCUT2D eigenvalue weighted by Crippen LogP contribution is -2.20. The summed E-state index contributed by atoms with van der Waals surface area (Å²) in [6.45, 7) is 1.98. The number of aromatic amines is 1. The van der Waals surface area contributed by atoms with E-state index >= 15 is 0 Å². The van der Waals surface area contributed by atoms with Crippen LogP contribution in [0.3, 0.4) is 0 Å². The van der Waals surface area contributed by atoms with Crippen molar-refractivity contribution >= 4 is 35.4 Å². The summed E-state index contributed by atoms with van der Waals surface area (Å²) in [6, 6.07) is 11.0. The SMILES string of the molecule is COc1cc(OC)c(NC(=O)Cn2c(-c3ccc(C)cc3)n[nH]c2=S)cc1Cl. The number of amides is 1. The highest BCUT2D eigenvalue weighted by molar-refractivity contribution is 7.71. The Labute approximate surface area is 172 Å². The number of aromatic nitrogens is 3. The van der Waals surface area contributed by atoms with Crippen molar-refractivity contribution in [3.05, 3.63) is 51.8 Å². The van der Waals surface area contributed by atoms with Crippen LogP contribution in [0.1, 0.15) is 5.56 Å². The van der Waals surface area contributed by atoms with E-state index in [9.17, 15) is 4.79 Å². The van der Waals surface area contributed by atoms with E-state index in [0.717, 1.165) is 11.1 Å². The Balaban J connectivity index is 1.85. The van der Waals surface area contributed by atoms with E-state index in [1.165, 1.54) is 14.2 Å². The number of benzene rings is 2. The van der Waals surface area contributed by atoms with Crippen LogP contribution in [-0.2, 0) is 11.3 Å².